The van der Waals surface area contributed by atoms with Crippen molar-refractivity contribution >= 4 is 16.8 Å². The molecule has 1 aliphatic heterocycles. The number of halogens is 1. The predicted octanol–water partition coefficient (Wildman–Crippen LogP) is 2.32. The van der Waals surface area contributed by atoms with Crippen molar-refractivity contribution in [3.8, 4) is 17.2 Å². The van der Waals surface area contributed by atoms with Crippen molar-refractivity contribution < 1.29 is 19.0 Å². The Morgan fingerprint density at radius 1 is 1.40 bits per heavy atom. The highest BCUT2D eigenvalue weighted by Crippen LogP contribution is 2.46. The van der Waals surface area contributed by atoms with E-state index >= 15 is 0 Å². The maximum atomic E-state index is 11.1. The molecule has 0 saturated carbocycles. The minimum absolute atomic E-state index is 0.0914. The van der Waals surface area contributed by atoms with Crippen molar-refractivity contribution in [2.75, 3.05) is 7.11 Å². The number of methoxy groups -OCH3 is 1. The fourth-order valence-corrected chi connectivity index (χ4v) is 1.46. The van der Waals surface area contributed by atoms with Gasteiger partial charge in [-0.2, -0.15) is 0 Å². The van der Waals surface area contributed by atoms with E-state index < -0.39 is 5.24 Å². The summed E-state index contributed by atoms with van der Waals surface area (Å²) in [5, 5.41) is -0.618. The molecular formula is C10H7ClO4. The first-order chi connectivity index (χ1) is 7.13. The fourth-order valence-electron chi connectivity index (χ4n) is 1.31. The molecule has 0 bridgehead atoms. The van der Waals surface area contributed by atoms with Crippen molar-refractivity contribution in [2.45, 2.75) is 0 Å². The number of fused-ring (bicyclic) bond motifs is 1. The van der Waals surface area contributed by atoms with Gasteiger partial charge in [-0.05, 0) is 30.3 Å². The van der Waals surface area contributed by atoms with Gasteiger partial charge >= 0.3 is 0 Å². The highest BCUT2D eigenvalue weighted by atomic mass is 35.5. The molecule has 0 spiro atoms. The smallest absolute Gasteiger partial charge is 0.283 e. The predicted molar refractivity (Wildman–Crippen MR) is 53.6 cm³/mol. The lowest BCUT2D eigenvalue weighted by Crippen LogP contribution is -1.93. The third-order valence-corrected chi connectivity index (χ3v) is 2.14. The maximum Gasteiger partial charge on any atom is 0.283 e. The van der Waals surface area contributed by atoms with Crippen LogP contribution in [0.2, 0.25) is 0 Å². The molecule has 0 N–H and O–H groups in total. The van der Waals surface area contributed by atoms with Crippen LogP contribution in [0, 0.1) is 0 Å². The number of hydrogen-bond donors (Lipinski definition) is 0. The van der Waals surface area contributed by atoms with Gasteiger partial charge in [0.25, 0.3) is 11.2 Å². The highest BCUT2D eigenvalue weighted by Gasteiger charge is 2.27. The Labute approximate surface area is 91.0 Å². The number of ether oxygens (including phenoxy) is 3. The molecule has 0 aliphatic carbocycles. The van der Waals surface area contributed by atoms with E-state index in [-0.39, 0.29) is 17.3 Å². The lowest BCUT2D eigenvalue weighted by atomic mass is 10.2. The summed E-state index contributed by atoms with van der Waals surface area (Å²) in [6, 6.07) is 3.09. The van der Waals surface area contributed by atoms with Crippen LogP contribution in [0.4, 0.5) is 0 Å². The standard InChI is InChI=1S/C10H7ClO4/c1-5-14-8-6(10(11)12)3-4-7(13-2)9(8)15-5/h3-4H,1H2,2H3. The van der Waals surface area contributed by atoms with Crippen LogP contribution in [-0.4, -0.2) is 12.4 Å². The number of rotatable bonds is 2. The van der Waals surface area contributed by atoms with Crippen LogP contribution >= 0.6 is 11.6 Å². The van der Waals surface area contributed by atoms with E-state index in [1.165, 1.54) is 13.2 Å². The Balaban J connectivity index is 2.61. The van der Waals surface area contributed by atoms with Gasteiger partial charge in [-0.15, -0.1) is 0 Å². The van der Waals surface area contributed by atoms with E-state index in [4.69, 9.17) is 25.8 Å². The molecule has 0 aromatic heterocycles. The van der Waals surface area contributed by atoms with Crippen LogP contribution in [0.1, 0.15) is 10.4 Å². The van der Waals surface area contributed by atoms with Gasteiger partial charge in [0.05, 0.1) is 12.7 Å². The minimum atomic E-state index is -0.618. The van der Waals surface area contributed by atoms with Gasteiger partial charge in [-0.25, -0.2) is 0 Å². The zero-order valence-electron chi connectivity index (χ0n) is 7.87. The van der Waals surface area contributed by atoms with E-state index in [9.17, 15) is 4.79 Å². The first-order valence-electron chi connectivity index (χ1n) is 4.09. The monoisotopic (exact) mass is 226 g/mol. The summed E-state index contributed by atoms with van der Waals surface area (Å²) in [7, 11) is 1.49. The second kappa shape index (κ2) is 3.47. The van der Waals surface area contributed by atoms with E-state index in [1.54, 1.807) is 6.07 Å². The molecular weight excluding hydrogens is 220 g/mol. The molecule has 1 aliphatic rings. The first kappa shape index (κ1) is 9.86. The van der Waals surface area contributed by atoms with Gasteiger partial charge in [0.1, 0.15) is 0 Å². The van der Waals surface area contributed by atoms with Gasteiger partial charge in [0, 0.05) is 0 Å². The summed E-state index contributed by atoms with van der Waals surface area (Å²) in [5.74, 6) is 1.13. The number of benzene rings is 1. The Morgan fingerprint density at radius 2 is 2.07 bits per heavy atom. The van der Waals surface area contributed by atoms with Crippen LogP contribution in [0.15, 0.2) is 24.7 Å². The summed E-state index contributed by atoms with van der Waals surface area (Å²) >= 11 is 5.39. The zero-order chi connectivity index (χ0) is 11.0. The van der Waals surface area contributed by atoms with Crippen LogP contribution < -0.4 is 14.2 Å². The van der Waals surface area contributed by atoms with Gasteiger partial charge < -0.3 is 14.2 Å². The van der Waals surface area contributed by atoms with Gasteiger partial charge in [-0.3, -0.25) is 4.79 Å². The second-order valence-electron chi connectivity index (χ2n) is 2.82. The lowest BCUT2D eigenvalue weighted by Gasteiger charge is -2.05. The van der Waals surface area contributed by atoms with Crippen LogP contribution in [0.3, 0.4) is 0 Å². The molecule has 15 heavy (non-hydrogen) atoms. The SMILES string of the molecule is C=C1Oc2c(OC)ccc(C(=O)Cl)c2O1. The lowest BCUT2D eigenvalue weighted by molar-refractivity contribution is 0.107. The summed E-state index contributed by atoms with van der Waals surface area (Å²) in [4.78, 5) is 11.1. The molecule has 0 amide bonds. The van der Waals surface area contributed by atoms with Crippen LogP contribution in [-0.2, 0) is 0 Å². The number of carbonyl (C=O) groups excluding carboxylic acids is 1. The van der Waals surface area contributed by atoms with Crippen molar-refractivity contribution in [1.82, 2.24) is 0 Å². The van der Waals surface area contributed by atoms with Gasteiger partial charge in [-0.1, -0.05) is 0 Å². The normalized spacial score (nSPS) is 12.8. The molecule has 0 radical (unpaired) electrons. The Hall–Kier alpha value is -1.68. The van der Waals surface area contributed by atoms with E-state index in [0.29, 0.717) is 11.5 Å². The minimum Gasteiger partial charge on any atom is -0.493 e. The zero-order valence-corrected chi connectivity index (χ0v) is 8.63. The van der Waals surface area contributed by atoms with Crippen molar-refractivity contribution in [1.29, 1.82) is 0 Å². The van der Waals surface area contributed by atoms with Gasteiger partial charge in [0.15, 0.2) is 11.5 Å². The van der Waals surface area contributed by atoms with Crippen molar-refractivity contribution in [2.24, 2.45) is 0 Å². The molecule has 0 unspecified atom stereocenters. The molecule has 1 aromatic rings. The van der Waals surface area contributed by atoms with Crippen LogP contribution in [0.5, 0.6) is 17.2 Å². The van der Waals surface area contributed by atoms with E-state index in [0.717, 1.165) is 0 Å². The second-order valence-corrected chi connectivity index (χ2v) is 3.17. The highest BCUT2D eigenvalue weighted by molar-refractivity contribution is 6.68. The average Bonchev–Trinajstić information content (AvgIpc) is 2.56. The van der Waals surface area contributed by atoms with Gasteiger partial charge in [0.2, 0.25) is 5.75 Å². The van der Waals surface area contributed by atoms with Crippen molar-refractivity contribution in [3.05, 3.63) is 30.2 Å². The van der Waals surface area contributed by atoms with Crippen molar-refractivity contribution in [3.63, 3.8) is 0 Å². The van der Waals surface area contributed by atoms with Crippen LogP contribution in [0.25, 0.3) is 0 Å². The number of carbonyl (C=O) groups is 1. The molecule has 2 rings (SSSR count). The molecule has 0 fully saturated rings. The molecule has 5 heteroatoms. The quantitative estimate of drug-likeness (QED) is 0.726. The summed E-state index contributed by atoms with van der Waals surface area (Å²) in [6.45, 7) is 3.49. The third kappa shape index (κ3) is 1.53. The Morgan fingerprint density at radius 3 is 2.67 bits per heavy atom. The average molecular weight is 227 g/mol. The topological polar surface area (TPSA) is 44.8 Å². The molecule has 0 saturated heterocycles. The maximum absolute atomic E-state index is 11.1. The third-order valence-electron chi connectivity index (χ3n) is 1.94. The summed E-state index contributed by atoms with van der Waals surface area (Å²) < 4.78 is 15.3. The fraction of sp³-hybridized carbons (Fsp3) is 0.100. The molecule has 1 heterocycles. The molecule has 1 aromatic carbocycles. The molecule has 0 atom stereocenters. The summed E-state index contributed by atoms with van der Waals surface area (Å²) in [5.41, 5.74) is 0.228. The summed E-state index contributed by atoms with van der Waals surface area (Å²) in [6.07, 6.45) is 0. The molecule has 78 valence electrons. The van der Waals surface area contributed by atoms with E-state index in [2.05, 4.69) is 6.58 Å². The first-order valence-corrected chi connectivity index (χ1v) is 4.46. The number of hydrogen-bond acceptors (Lipinski definition) is 4. The Bertz CT molecular complexity index is 453. The van der Waals surface area contributed by atoms with E-state index in [1.807, 2.05) is 0 Å². The molecule has 4 nitrogen and oxygen atoms in total. The Kier molecular flexibility index (Phi) is 2.28. The largest absolute Gasteiger partial charge is 0.493 e.